The topological polar surface area (TPSA) is 102 Å². The van der Waals surface area contributed by atoms with E-state index in [0.29, 0.717) is 10.1 Å². The van der Waals surface area contributed by atoms with Gasteiger partial charge in [-0.05, 0) is 43.0 Å². The number of ether oxygens (including phenoxy) is 1. The number of carbonyl (C=O) groups excluding carboxylic acids is 1. The third kappa shape index (κ3) is 6.00. The van der Waals surface area contributed by atoms with E-state index >= 15 is 4.39 Å². The van der Waals surface area contributed by atoms with E-state index in [9.17, 15) is 27.3 Å². The zero-order valence-electron chi connectivity index (χ0n) is 15.7. The highest BCUT2D eigenvalue weighted by Gasteiger charge is 2.42. The largest absolute Gasteiger partial charge is 0.477 e. The van der Waals surface area contributed by atoms with Crippen molar-refractivity contribution >= 4 is 40.9 Å². The van der Waals surface area contributed by atoms with Crippen molar-refractivity contribution in [3.05, 3.63) is 34.7 Å². The predicted octanol–water partition coefficient (Wildman–Crippen LogP) is 4.88. The maximum Gasteiger partial charge on any atom is 0.412 e. The van der Waals surface area contributed by atoms with Crippen molar-refractivity contribution in [1.82, 2.24) is 5.09 Å². The van der Waals surface area contributed by atoms with Crippen LogP contribution in [0, 0.1) is 0 Å². The number of hydrogen-bond donors (Lipinski definition) is 2. The summed E-state index contributed by atoms with van der Waals surface area (Å²) in [5.41, 5.74) is -0.300. The Morgan fingerprint density at radius 3 is 2.53 bits per heavy atom. The van der Waals surface area contributed by atoms with E-state index in [1.807, 2.05) is 5.09 Å². The number of alkyl halides is 4. The predicted molar refractivity (Wildman–Crippen MR) is 101 cm³/mol. The summed E-state index contributed by atoms with van der Waals surface area (Å²) in [4.78, 5) is 22.8. The number of esters is 1. The molecule has 7 nitrogen and oxygen atoms in total. The second-order valence-corrected chi connectivity index (χ2v) is 9.38. The molecule has 1 aromatic carbocycles. The number of benzene rings is 1. The average molecular weight is 471 g/mol. The van der Waals surface area contributed by atoms with Crippen molar-refractivity contribution in [3.8, 4) is 0 Å². The van der Waals surface area contributed by atoms with E-state index in [0.717, 1.165) is 24.3 Å². The number of thiophene rings is 1. The van der Waals surface area contributed by atoms with E-state index in [1.54, 1.807) is 0 Å². The highest BCUT2D eigenvalue weighted by atomic mass is 32.1. The summed E-state index contributed by atoms with van der Waals surface area (Å²) in [6.45, 7) is 0.592. The van der Waals surface area contributed by atoms with Crippen LogP contribution in [0.2, 0.25) is 0 Å². The van der Waals surface area contributed by atoms with Crippen LogP contribution in [0.3, 0.4) is 0 Å². The number of carboxylic acids is 1. The van der Waals surface area contributed by atoms with Crippen LogP contribution in [0.4, 0.5) is 17.6 Å². The second kappa shape index (κ2) is 9.42. The zero-order valence-corrected chi connectivity index (χ0v) is 17.4. The normalized spacial score (nSPS) is 16.1. The van der Waals surface area contributed by atoms with Gasteiger partial charge in [-0.2, -0.15) is 13.2 Å². The fourth-order valence-corrected chi connectivity index (χ4v) is 5.19. The van der Waals surface area contributed by atoms with Crippen LogP contribution in [0.15, 0.2) is 24.3 Å². The van der Waals surface area contributed by atoms with Crippen LogP contribution in [0.1, 0.15) is 35.0 Å². The standard InChI is InChI=1S/C17H18F4NO6PS/c1-3-27-16(25)9(2)22-29(26,28-8-17(19,20)21)14(18)10-4-5-12-11(6-10)7-13(30-12)15(23)24/h4-7,9,14H,3,8H2,1-2H3,(H,22,26)(H,23,24)/t9-,14?,29?/m0/s1. The van der Waals surface area contributed by atoms with Crippen molar-refractivity contribution in [2.45, 2.75) is 32.0 Å². The molecule has 30 heavy (non-hydrogen) atoms. The first-order valence-electron chi connectivity index (χ1n) is 8.52. The zero-order chi connectivity index (χ0) is 22.7. The summed E-state index contributed by atoms with van der Waals surface area (Å²) in [6.07, 6.45) is -4.89. The highest BCUT2D eigenvalue weighted by Crippen LogP contribution is 2.58. The number of rotatable bonds is 9. The molecule has 2 rings (SSSR count). The lowest BCUT2D eigenvalue weighted by Crippen LogP contribution is -2.35. The number of fused-ring (bicyclic) bond motifs is 1. The van der Waals surface area contributed by atoms with E-state index in [-0.39, 0.29) is 17.0 Å². The molecule has 0 spiro atoms. The maximum atomic E-state index is 15.2. The van der Waals surface area contributed by atoms with Crippen LogP contribution in [0.25, 0.3) is 10.1 Å². The van der Waals surface area contributed by atoms with Gasteiger partial charge < -0.3 is 14.4 Å². The van der Waals surface area contributed by atoms with E-state index in [4.69, 9.17) is 5.11 Å². The summed E-state index contributed by atoms with van der Waals surface area (Å²) in [5.74, 6) is -4.70. The molecule has 0 fully saturated rings. The summed E-state index contributed by atoms with van der Waals surface area (Å²) < 4.78 is 75.6. The van der Waals surface area contributed by atoms with Gasteiger partial charge in [0, 0.05) is 4.70 Å². The molecule has 0 bridgehead atoms. The Morgan fingerprint density at radius 2 is 1.97 bits per heavy atom. The Morgan fingerprint density at radius 1 is 1.30 bits per heavy atom. The van der Waals surface area contributed by atoms with Gasteiger partial charge in [0.2, 0.25) is 5.91 Å². The minimum absolute atomic E-state index is 0.0249. The van der Waals surface area contributed by atoms with Gasteiger partial charge >= 0.3 is 25.6 Å². The Labute approximate surface area is 172 Å². The van der Waals surface area contributed by atoms with Crippen molar-refractivity contribution in [1.29, 1.82) is 0 Å². The molecule has 0 saturated carbocycles. The average Bonchev–Trinajstić information content (AvgIpc) is 3.09. The number of carboxylic acid groups (broad SMARTS) is 1. The van der Waals surface area contributed by atoms with Crippen LogP contribution in [0.5, 0.6) is 0 Å². The fourth-order valence-electron chi connectivity index (χ4n) is 2.44. The van der Waals surface area contributed by atoms with Gasteiger partial charge in [-0.1, -0.05) is 6.07 Å². The van der Waals surface area contributed by atoms with Crippen LogP contribution >= 0.6 is 18.9 Å². The van der Waals surface area contributed by atoms with Gasteiger partial charge in [-0.3, -0.25) is 9.36 Å². The molecular weight excluding hydrogens is 453 g/mol. The second-order valence-electron chi connectivity index (χ2n) is 6.14. The molecule has 2 aromatic rings. The minimum atomic E-state index is -4.90. The third-order valence-corrected chi connectivity index (χ3v) is 7.02. The van der Waals surface area contributed by atoms with Gasteiger partial charge in [0.05, 0.1) is 6.61 Å². The minimum Gasteiger partial charge on any atom is -0.477 e. The van der Waals surface area contributed by atoms with Crippen molar-refractivity contribution < 1.29 is 46.1 Å². The molecule has 3 atom stereocenters. The maximum absolute atomic E-state index is 15.2. The SMILES string of the molecule is CCOC(=O)[C@H](C)NP(=O)(OCC(F)(F)F)C(F)c1ccc2sc(C(=O)O)cc2c1. The molecule has 0 amide bonds. The van der Waals surface area contributed by atoms with Gasteiger partial charge in [-0.25, -0.2) is 14.3 Å². The Bertz CT molecular complexity index is 979. The quantitative estimate of drug-likeness (QED) is 0.305. The molecule has 166 valence electrons. The molecule has 0 radical (unpaired) electrons. The Balaban J connectivity index is 2.38. The molecule has 0 aliphatic heterocycles. The first kappa shape index (κ1) is 24.3. The Kier molecular flexibility index (Phi) is 7.62. The lowest BCUT2D eigenvalue weighted by molar-refractivity contribution is -0.154. The molecule has 1 aromatic heterocycles. The first-order chi connectivity index (χ1) is 13.9. The van der Waals surface area contributed by atoms with Crippen molar-refractivity contribution in [2.75, 3.05) is 13.2 Å². The fraction of sp³-hybridized carbons (Fsp3) is 0.412. The smallest absolute Gasteiger partial charge is 0.412 e. The van der Waals surface area contributed by atoms with Gasteiger partial charge in [0.15, 0.2) is 6.61 Å². The molecule has 1 heterocycles. The first-order valence-corrected chi connectivity index (χ1v) is 11.0. The van der Waals surface area contributed by atoms with Gasteiger partial charge in [-0.15, -0.1) is 11.3 Å². The molecular formula is C17H18F4NO6PS. The number of carbonyl (C=O) groups is 2. The van der Waals surface area contributed by atoms with Crippen LogP contribution in [-0.2, 0) is 18.6 Å². The lowest BCUT2D eigenvalue weighted by Gasteiger charge is -2.26. The van der Waals surface area contributed by atoms with E-state index < -0.39 is 44.2 Å². The van der Waals surface area contributed by atoms with Gasteiger partial charge in [0.1, 0.15) is 10.9 Å². The lowest BCUT2D eigenvalue weighted by atomic mass is 10.2. The van der Waals surface area contributed by atoms with Gasteiger partial charge in [0.25, 0.3) is 0 Å². The Hall–Kier alpha value is -2.01. The summed E-state index contributed by atoms with van der Waals surface area (Å²) in [7, 11) is -4.90. The number of hydrogen-bond acceptors (Lipinski definition) is 6. The molecule has 0 aliphatic carbocycles. The third-order valence-electron chi connectivity index (χ3n) is 3.76. The molecule has 0 saturated heterocycles. The monoisotopic (exact) mass is 471 g/mol. The van der Waals surface area contributed by atoms with Crippen LogP contribution in [-0.4, -0.2) is 42.5 Å². The molecule has 2 N–H and O–H groups in total. The van der Waals surface area contributed by atoms with Crippen molar-refractivity contribution in [2.24, 2.45) is 0 Å². The number of nitrogens with one attached hydrogen (secondary N) is 1. The molecule has 13 heteroatoms. The summed E-state index contributed by atoms with van der Waals surface area (Å²) in [6, 6.07) is 3.54. The van der Waals surface area contributed by atoms with E-state index in [1.165, 1.54) is 25.1 Å². The number of halogens is 4. The van der Waals surface area contributed by atoms with Crippen LogP contribution < -0.4 is 5.09 Å². The number of aromatic carboxylic acids is 1. The molecule has 0 aliphatic rings. The highest BCUT2D eigenvalue weighted by molar-refractivity contribution is 7.57. The van der Waals surface area contributed by atoms with E-state index in [2.05, 4.69) is 9.26 Å². The summed E-state index contributed by atoms with van der Waals surface area (Å²) >= 11 is 0.919. The molecule has 2 unspecified atom stereocenters. The van der Waals surface area contributed by atoms with Crippen molar-refractivity contribution in [3.63, 3.8) is 0 Å². The summed E-state index contributed by atoms with van der Waals surface area (Å²) in [5, 5.41) is 11.4.